The molecule has 8 nitrogen and oxygen atoms in total. The smallest absolute Gasteiger partial charge is 0.271 e. The Morgan fingerprint density at radius 1 is 1.12 bits per heavy atom. The Balaban J connectivity index is 1.95. The molecule has 2 N–H and O–H groups in total. The first-order chi connectivity index (χ1) is 12.2. The van der Waals surface area contributed by atoms with Crippen LogP contribution in [-0.4, -0.2) is 30.1 Å². The van der Waals surface area contributed by atoms with Crippen molar-refractivity contribution in [3.8, 4) is 0 Å². The highest BCUT2D eigenvalue weighted by Gasteiger charge is 2.13. The van der Waals surface area contributed by atoms with Gasteiger partial charge >= 0.3 is 0 Å². The first kappa shape index (κ1) is 19.8. The predicted octanol–water partition coefficient (Wildman–Crippen LogP) is 0.538. The molecular weight excluding hydrogens is 356 g/mol. The van der Waals surface area contributed by atoms with E-state index in [4.69, 9.17) is 0 Å². The van der Waals surface area contributed by atoms with Gasteiger partial charge in [0.05, 0.1) is 5.75 Å². The zero-order valence-corrected chi connectivity index (χ0v) is 15.7. The normalized spacial score (nSPS) is 11.5. The number of aryl methyl sites for hydroxylation is 1. The average Bonchev–Trinajstić information content (AvgIpc) is 2.55. The van der Waals surface area contributed by atoms with E-state index in [0.717, 1.165) is 10.2 Å². The highest BCUT2D eigenvalue weighted by molar-refractivity contribution is 7.88. The van der Waals surface area contributed by atoms with Gasteiger partial charge in [-0.15, -0.1) is 0 Å². The molecule has 26 heavy (non-hydrogen) atoms. The third-order valence-electron chi connectivity index (χ3n) is 3.44. The molecule has 0 atom stereocenters. The van der Waals surface area contributed by atoms with E-state index < -0.39 is 15.9 Å². The maximum Gasteiger partial charge on any atom is 0.271 e. The van der Waals surface area contributed by atoms with Crippen molar-refractivity contribution in [3.05, 3.63) is 63.6 Å². The number of nitrogens with one attached hydrogen (secondary N) is 2. The summed E-state index contributed by atoms with van der Waals surface area (Å²) >= 11 is 0. The minimum atomic E-state index is -3.37. The molecule has 0 spiro atoms. The lowest BCUT2D eigenvalue weighted by molar-refractivity contribution is 0.0943. The van der Waals surface area contributed by atoms with Gasteiger partial charge in [-0.1, -0.05) is 24.3 Å². The number of hydrogen-bond donors (Lipinski definition) is 2. The standard InChI is InChI=1S/C17H22N4O4S/c1-12(2)20-26(24,25)11-14-6-4-13(5-7-14)10-18-17(23)15-8-9-16(22)21(3)19-15/h4-9,12,20H,10-11H2,1-3H3,(H,18,23). The minimum absolute atomic E-state index is 0.0974. The van der Waals surface area contributed by atoms with Gasteiger partial charge in [0.1, 0.15) is 5.69 Å². The number of carbonyl (C=O) groups is 1. The average molecular weight is 378 g/mol. The molecule has 1 amide bonds. The zero-order valence-electron chi connectivity index (χ0n) is 14.9. The zero-order chi connectivity index (χ0) is 19.3. The van der Waals surface area contributed by atoms with E-state index in [1.54, 1.807) is 38.1 Å². The molecule has 1 aromatic carbocycles. The van der Waals surface area contributed by atoms with Crippen LogP contribution < -0.4 is 15.6 Å². The van der Waals surface area contributed by atoms with Gasteiger partial charge in [-0.3, -0.25) is 9.59 Å². The fourth-order valence-corrected chi connectivity index (χ4v) is 3.70. The lowest BCUT2D eigenvalue weighted by Gasteiger charge is -2.10. The van der Waals surface area contributed by atoms with Crippen molar-refractivity contribution in [1.82, 2.24) is 19.8 Å². The monoisotopic (exact) mass is 378 g/mol. The number of sulfonamides is 1. The Kier molecular flexibility index (Phi) is 6.27. The van der Waals surface area contributed by atoms with Gasteiger partial charge in [0.25, 0.3) is 11.5 Å². The summed E-state index contributed by atoms with van der Waals surface area (Å²) in [5.41, 5.74) is 1.34. The van der Waals surface area contributed by atoms with Crippen LogP contribution in [0.1, 0.15) is 35.5 Å². The summed E-state index contributed by atoms with van der Waals surface area (Å²) in [6.07, 6.45) is 0. The number of aromatic nitrogens is 2. The van der Waals surface area contributed by atoms with E-state index >= 15 is 0 Å². The number of rotatable bonds is 7. The molecule has 0 radical (unpaired) electrons. The van der Waals surface area contributed by atoms with Crippen LogP contribution in [-0.2, 0) is 29.4 Å². The molecule has 9 heteroatoms. The van der Waals surface area contributed by atoms with Gasteiger partial charge in [-0.2, -0.15) is 5.10 Å². The molecule has 0 aliphatic rings. The molecule has 0 bridgehead atoms. The summed E-state index contributed by atoms with van der Waals surface area (Å²) in [6, 6.07) is 9.44. The fraction of sp³-hybridized carbons (Fsp3) is 0.353. The van der Waals surface area contributed by atoms with Gasteiger partial charge in [-0.05, 0) is 31.0 Å². The van der Waals surface area contributed by atoms with E-state index in [1.807, 2.05) is 0 Å². The first-order valence-electron chi connectivity index (χ1n) is 8.06. The van der Waals surface area contributed by atoms with E-state index in [2.05, 4.69) is 15.1 Å². The Labute approximate surface area is 152 Å². The summed E-state index contributed by atoms with van der Waals surface area (Å²) in [6.45, 7) is 3.80. The van der Waals surface area contributed by atoms with Gasteiger partial charge in [0.2, 0.25) is 10.0 Å². The predicted molar refractivity (Wildman–Crippen MR) is 98.0 cm³/mol. The number of benzene rings is 1. The highest BCUT2D eigenvalue weighted by atomic mass is 32.2. The third-order valence-corrected chi connectivity index (χ3v) is 4.98. The minimum Gasteiger partial charge on any atom is -0.347 e. The van der Waals surface area contributed by atoms with E-state index in [-0.39, 0.29) is 29.6 Å². The molecule has 0 fully saturated rings. The Bertz CT molecular complexity index is 934. The van der Waals surface area contributed by atoms with Crippen molar-refractivity contribution in [2.45, 2.75) is 32.2 Å². The van der Waals surface area contributed by atoms with E-state index in [9.17, 15) is 18.0 Å². The van der Waals surface area contributed by atoms with Gasteiger partial charge < -0.3 is 5.32 Å². The topological polar surface area (TPSA) is 110 Å². The maximum absolute atomic E-state index is 12.1. The maximum atomic E-state index is 12.1. The van der Waals surface area contributed by atoms with Crippen molar-refractivity contribution in [3.63, 3.8) is 0 Å². The van der Waals surface area contributed by atoms with Crippen molar-refractivity contribution in [2.75, 3.05) is 0 Å². The molecule has 0 aliphatic heterocycles. The van der Waals surface area contributed by atoms with Crippen LogP contribution in [0.3, 0.4) is 0 Å². The molecule has 2 aromatic rings. The SMILES string of the molecule is CC(C)NS(=O)(=O)Cc1ccc(CNC(=O)c2ccc(=O)n(C)n2)cc1. The van der Waals surface area contributed by atoms with Crippen molar-refractivity contribution >= 4 is 15.9 Å². The van der Waals surface area contributed by atoms with Crippen molar-refractivity contribution in [1.29, 1.82) is 0 Å². The third kappa shape index (κ3) is 5.78. The molecule has 1 aromatic heterocycles. The number of hydrogen-bond acceptors (Lipinski definition) is 5. The second-order valence-electron chi connectivity index (χ2n) is 6.21. The molecule has 0 unspecified atom stereocenters. The van der Waals surface area contributed by atoms with Crippen LogP contribution >= 0.6 is 0 Å². The summed E-state index contributed by atoms with van der Waals surface area (Å²) in [5, 5.41) is 6.59. The summed E-state index contributed by atoms with van der Waals surface area (Å²) < 4.78 is 27.5. The Morgan fingerprint density at radius 3 is 2.31 bits per heavy atom. The Hall–Kier alpha value is -2.52. The molecule has 0 saturated carbocycles. The fourth-order valence-electron chi connectivity index (χ4n) is 2.27. The van der Waals surface area contributed by atoms with Crippen LogP contribution in [0.2, 0.25) is 0 Å². The second kappa shape index (κ2) is 8.24. The number of nitrogens with zero attached hydrogens (tertiary/aromatic N) is 2. The molecule has 140 valence electrons. The van der Waals surface area contributed by atoms with Crippen molar-refractivity contribution in [2.24, 2.45) is 7.05 Å². The van der Waals surface area contributed by atoms with Crippen LogP contribution in [0, 0.1) is 0 Å². The molecule has 2 rings (SSSR count). The Morgan fingerprint density at radius 2 is 1.73 bits per heavy atom. The first-order valence-corrected chi connectivity index (χ1v) is 9.72. The van der Waals surface area contributed by atoms with Crippen LogP contribution in [0.25, 0.3) is 0 Å². The highest BCUT2D eigenvalue weighted by Crippen LogP contribution is 2.08. The summed E-state index contributed by atoms with van der Waals surface area (Å²) in [4.78, 5) is 23.3. The van der Waals surface area contributed by atoms with E-state index in [1.165, 1.54) is 19.2 Å². The van der Waals surface area contributed by atoms with Crippen LogP contribution in [0.15, 0.2) is 41.2 Å². The van der Waals surface area contributed by atoms with Crippen LogP contribution in [0.4, 0.5) is 0 Å². The summed E-state index contributed by atoms with van der Waals surface area (Å²) in [5.74, 6) is -0.492. The van der Waals surface area contributed by atoms with Gasteiger partial charge in [0.15, 0.2) is 0 Å². The lowest BCUT2D eigenvalue weighted by Crippen LogP contribution is -2.31. The van der Waals surface area contributed by atoms with E-state index in [0.29, 0.717) is 5.56 Å². The number of carbonyl (C=O) groups excluding carboxylic acids is 1. The quantitative estimate of drug-likeness (QED) is 0.731. The lowest BCUT2D eigenvalue weighted by atomic mass is 10.1. The largest absolute Gasteiger partial charge is 0.347 e. The number of amides is 1. The van der Waals surface area contributed by atoms with Gasteiger partial charge in [0, 0.05) is 25.7 Å². The molecular formula is C17H22N4O4S. The van der Waals surface area contributed by atoms with Crippen LogP contribution in [0.5, 0.6) is 0 Å². The molecule has 0 saturated heterocycles. The molecule has 1 heterocycles. The van der Waals surface area contributed by atoms with Gasteiger partial charge in [-0.25, -0.2) is 17.8 Å². The molecule has 0 aliphatic carbocycles. The second-order valence-corrected chi connectivity index (χ2v) is 7.97. The summed E-state index contributed by atoms with van der Waals surface area (Å²) in [7, 11) is -1.90. The van der Waals surface area contributed by atoms with Crippen molar-refractivity contribution < 1.29 is 13.2 Å².